The van der Waals surface area contributed by atoms with Gasteiger partial charge in [-0.05, 0) is 39.4 Å². The smallest absolute Gasteiger partial charge is 0.160 e. The average molecular weight is 278 g/mol. The second kappa shape index (κ2) is 4.46. The molecule has 0 fully saturated rings. The Labute approximate surface area is 112 Å². The predicted octanol–water partition coefficient (Wildman–Crippen LogP) is 5.60. The third-order valence-corrected chi connectivity index (χ3v) is 3.74. The number of fused-ring (bicyclic) bond motifs is 3. The van der Waals surface area contributed by atoms with Gasteiger partial charge in [0.2, 0.25) is 0 Å². The molecule has 3 aromatic rings. The van der Waals surface area contributed by atoms with Gasteiger partial charge in [-0.3, -0.25) is 0 Å². The van der Waals surface area contributed by atoms with Crippen molar-refractivity contribution < 1.29 is 13.2 Å². The maximum absolute atomic E-state index is 12.6. The van der Waals surface area contributed by atoms with Crippen molar-refractivity contribution in [1.29, 1.82) is 0 Å². The van der Waals surface area contributed by atoms with E-state index in [4.69, 9.17) is 0 Å². The van der Waals surface area contributed by atoms with Crippen molar-refractivity contribution in [2.45, 2.75) is 10.4 Å². The van der Waals surface area contributed by atoms with Gasteiger partial charge in [0.25, 0.3) is 0 Å². The van der Waals surface area contributed by atoms with Crippen LogP contribution in [-0.4, -0.2) is 5.51 Å². The summed E-state index contributed by atoms with van der Waals surface area (Å²) in [6.45, 7) is 0. The van der Waals surface area contributed by atoms with Crippen LogP contribution in [0.5, 0.6) is 0 Å². The van der Waals surface area contributed by atoms with E-state index in [9.17, 15) is 13.2 Å². The molecule has 0 aliphatic rings. The molecule has 4 heteroatoms. The molecule has 0 spiro atoms. The summed E-state index contributed by atoms with van der Waals surface area (Å²) in [7, 11) is 0. The number of hydrogen-bond acceptors (Lipinski definition) is 1. The molecule has 19 heavy (non-hydrogen) atoms. The minimum atomic E-state index is -4.27. The number of hydrogen-bond donors (Lipinski definition) is 0. The van der Waals surface area contributed by atoms with Crippen LogP contribution in [-0.2, 0) is 0 Å². The molecule has 0 saturated carbocycles. The molecule has 0 saturated heterocycles. The van der Waals surface area contributed by atoms with Gasteiger partial charge in [0.05, 0.1) is 0 Å². The van der Waals surface area contributed by atoms with Crippen LogP contribution < -0.4 is 0 Å². The number of benzene rings is 3. The third kappa shape index (κ3) is 2.40. The zero-order valence-electron chi connectivity index (χ0n) is 9.74. The molecule has 0 heterocycles. The molecular formula is C15H9F3S. The van der Waals surface area contributed by atoms with Crippen LogP contribution in [0.1, 0.15) is 0 Å². The van der Waals surface area contributed by atoms with Crippen LogP contribution >= 0.6 is 11.8 Å². The van der Waals surface area contributed by atoms with Gasteiger partial charge < -0.3 is 0 Å². The highest BCUT2D eigenvalue weighted by Gasteiger charge is 2.30. The van der Waals surface area contributed by atoms with Crippen LogP contribution in [0.4, 0.5) is 13.2 Å². The molecule has 3 aromatic carbocycles. The van der Waals surface area contributed by atoms with Gasteiger partial charge in [0, 0.05) is 4.90 Å². The molecule has 0 amide bonds. The first-order valence-electron chi connectivity index (χ1n) is 5.71. The molecule has 0 aromatic heterocycles. The lowest BCUT2D eigenvalue weighted by atomic mass is 10.0. The first-order valence-corrected chi connectivity index (χ1v) is 6.52. The fraction of sp³-hybridized carbons (Fsp3) is 0.0667. The minimum absolute atomic E-state index is 0.0549. The van der Waals surface area contributed by atoms with Crippen LogP contribution in [0.25, 0.3) is 21.5 Å². The van der Waals surface area contributed by atoms with Crippen LogP contribution in [0, 0.1) is 0 Å². The van der Waals surface area contributed by atoms with Crippen molar-refractivity contribution in [3.05, 3.63) is 54.6 Å². The number of alkyl halides is 3. The van der Waals surface area contributed by atoms with Crippen molar-refractivity contribution in [2.24, 2.45) is 0 Å². The summed E-state index contributed by atoms with van der Waals surface area (Å²) in [5.41, 5.74) is -4.27. The lowest BCUT2D eigenvalue weighted by molar-refractivity contribution is -0.0327. The highest BCUT2D eigenvalue weighted by molar-refractivity contribution is 8.00. The number of rotatable bonds is 1. The van der Waals surface area contributed by atoms with Gasteiger partial charge in [-0.25, -0.2) is 0 Å². The van der Waals surface area contributed by atoms with E-state index in [0.29, 0.717) is 5.39 Å². The van der Waals surface area contributed by atoms with E-state index in [1.165, 1.54) is 0 Å². The summed E-state index contributed by atoms with van der Waals surface area (Å²) >= 11 is -0.0549. The molecule has 96 valence electrons. The van der Waals surface area contributed by atoms with Crippen molar-refractivity contribution in [2.75, 3.05) is 0 Å². The fourth-order valence-corrected chi connectivity index (χ4v) is 2.95. The lowest BCUT2D eigenvalue weighted by Crippen LogP contribution is -1.99. The molecule has 3 rings (SSSR count). The van der Waals surface area contributed by atoms with Gasteiger partial charge in [0.1, 0.15) is 0 Å². The average Bonchev–Trinajstić information content (AvgIpc) is 2.37. The minimum Gasteiger partial charge on any atom is -0.160 e. The molecule has 0 aliphatic carbocycles. The summed E-state index contributed by atoms with van der Waals surface area (Å²) in [5, 5.41) is 3.30. The van der Waals surface area contributed by atoms with Crippen LogP contribution in [0.2, 0.25) is 0 Å². The molecule has 0 nitrogen and oxygen atoms in total. The highest BCUT2D eigenvalue weighted by Crippen LogP contribution is 2.42. The standard InChI is InChI=1S/C15H9F3S/c16-15(17,18)19-14-9-10-5-1-2-6-11(10)12-7-3-4-8-13(12)14/h1-9H. The molecule has 0 radical (unpaired) electrons. The normalized spacial score (nSPS) is 12.2. The Morgan fingerprint density at radius 3 is 2.00 bits per heavy atom. The van der Waals surface area contributed by atoms with Crippen molar-refractivity contribution in [1.82, 2.24) is 0 Å². The van der Waals surface area contributed by atoms with Gasteiger partial charge in [0.15, 0.2) is 0 Å². The van der Waals surface area contributed by atoms with Gasteiger partial charge in [-0.1, -0.05) is 48.5 Å². The van der Waals surface area contributed by atoms with E-state index >= 15 is 0 Å². The van der Waals surface area contributed by atoms with E-state index in [-0.39, 0.29) is 16.7 Å². The first kappa shape index (κ1) is 12.4. The van der Waals surface area contributed by atoms with Crippen molar-refractivity contribution in [3.63, 3.8) is 0 Å². The first-order chi connectivity index (χ1) is 9.04. The Morgan fingerprint density at radius 1 is 0.737 bits per heavy atom. The fourth-order valence-electron chi connectivity index (χ4n) is 2.23. The van der Waals surface area contributed by atoms with E-state index in [2.05, 4.69) is 0 Å². The Balaban J connectivity index is 2.36. The van der Waals surface area contributed by atoms with Crippen molar-refractivity contribution in [3.8, 4) is 0 Å². The topological polar surface area (TPSA) is 0 Å². The van der Waals surface area contributed by atoms with Gasteiger partial charge >= 0.3 is 5.51 Å². The van der Waals surface area contributed by atoms with Crippen LogP contribution in [0.15, 0.2) is 59.5 Å². The van der Waals surface area contributed by atoms with Crippen LogP contribution in [0.3, 0.4) is 0 Å². The van der Waals surface area contributed by atoms with Gasteiger partial charge in [-0.15, -0.1) is 0 Å². The van der Waals surface area contributed by atoms with Gasteiger partial charge in [-0.2, -0.15) is 13.2 Å². The largest absolute Gasteiger partial charge is 0.446 e. The predicted molar refractivity (Wildman–Crippen MR) is 73.4 cm³/mol. The summed E-state index contributed by atoms with van der Waals surface area (Å²) in [5.74, 6) is 0. The Kier molecular flexibility index (Phi) is 2.90. The molecule has 0 aliphatic heterocycles. The maximum Gasteiger partial charge on any atom is 0.446 e. The lowest BCUT2D eigenvalue weighted by Gasteiger charge is -2.11. The number of thioether (sulfide) groups is 1. The van der Waals surface area contributed by atoms with E-state index in [1.807, 2.05) is 36.4 Å². The molecule has 0 atom stereocenters. The third-order valence-electron chi connectivity index (χ3n) is 2.96. The Morgan fingerprint density at radius 2 is 1.32 bits per heavy atom. The van der Waals surface area contributed by atoms with E-state index in [1.54, 1.807) is 18.2 Å². The molecule has 0 bridgehead atoms. The second-order valence-corrected chi connectivity index (χ2v) is 5.30. The SMILES string of the molecule is FC(F)(F)Sc1cc2ccccc2c2ccccc12. The summed E-state index contributed by atoms with van der Waals surface area (Å²) in [4.78, 5) is 0.252. The van der Waals surface area contributed by atoms with Crippen molar-refractivity contribution >= 4 is 33.3 Å². The van der Waals surface area contributed by atoms with E-state index in [0.717, 1.165) is 16.2 Å². The highest BCUT2D eigenvalue weighted by atomic mass is 32.2. The maximum atomic E-state index is 12.6. The monoisotopic (exact) mass is 278 g/mol. The number of halogens is 3. The second-order valence-electron chi connectivity index (χ2n) is 4.19. The summed E-state index contributed by atoms with van der Waals surface area (Å²) in [6, 6.07) is 16.3. The molecule has 0 unspecified atom stereocenters. The molecule has 0 N–H and O–H groups in total. The quantitative estimate of drug-likeness (QED) is 0.412. The Hall–Kier alpha value is -1.68. The Bertz CT molecular complexity index is 747. The zero-order valence-corrected chi connectivity index (χ0v) is 10.6. The summed E-state index contributed by atoms with van der Waals surface area (Å²) in [6.07, 6.45) is 0. The zero-order chi connectivity index (χ0) is 13.5. The van der Waals surface area contributed by atoms with E-state index < -0.39 is 5.51 Å². The summed E-state index contributed by atoms with van der Waals surface area (Å²) < 4.78 is 37.9. The molecular weight excluding hydrogens is 269 g/mol.